The van der Waals surface area contributed by atoms with Crippen molar-refractivity contribution < 1.29 is 14.3 Å². The molecule has 1 aromatic heterocycles. The summed E-state index contributed by atoms with van der Waals surface area (Å²) in [6.45, 7) is 0.893. The molecule has 7 heteroatoms. The van der Waals surface area contributed by atoms with Gasteiger partial charge in [-0.25, -0.2) is 0 Å². The fraction of sp³-hybridized carbons (Fsp3) is 0.261. The Hall–Kier alpha value is -2.54. The van der Waals surface area contributed by atoms with E-state index in [1.54, 1.807) is 36.6 Å². The number of hydrogen-bond acceptors (Lipinski definition) is 5. The number of rotatable bonds is 9. The number of amides is 1. The summed E-state index contributed by atoms with van der Waals surface area (Å²) in [6.07, 6.45) is 0. The first-order valence-electron chi connectivity index (χ1n) is 9.50. The number of benzene rings is 2. The van der Waals surface area contributed by atoms with Gasteiger partial charge in [-0.2, -0.15) is 11.3 Å². The Balaban J connectivity index is 1.64. The summed E-state index contributed by atoms with van der Waals surface area (Å²) in [5, 5.41) is 7.85. The molecule has 0 aliphatic heterocycles. The minimum absolute atomic E-state index is 0.115. The fourth-order valence-electron chi connectivity index (χ4n) is 3.02. The van der Waals surface area contributed by atoms with Crippen LogP contribution in [-0.2, 0) is 6.61 Å². The number of thiophene rings is 1. The van der Waals surface area contributed by atoms with Crippen LogP contribution in [0.3, 0.4) is 0 Å². The first-order chi connectivity index (χ1) is 14.5. The molecule has 1 N–H and O–H groups in total. The number of carbonyl (C=O) groups is 1. The van der Waals surface area contributed by atoms with Gasteiger partial charge in [-0.05, 0) is 72.4 Å². The van der Waals surface area contributed by atoms with Crippen LogP contribution in [0, 0.1) is 0 Å². The summed E-state index contributed by atoms with van der Waals surface area (Å²) in [6, 6.07) is 14.8. The first-order valence-corrected chi connectivity index (χ1v) is 10.8. The van der Waals surface area contributed by atoms with Gasteiger partial charge in [0.15, 0.2) is 11.5 Å². The molecule has 0 saturated carbocycles. The molecule has 1 unspecified atom stereocenters. The number of nitrogens with zero attached hydrogens (tertiary/aromatic N) is 1. The van der Waals surface area contributed by atoms with Crippen molar-refractivity contribution in [2.75, 3.05) is 27.7 Å². The number of methoxy groups -OCH3 is 1. The van der Waals surface area contributed by atoms with Gasteiger partial charge < -0.3 is 19.7 Å². The third-order valence-corrected chi connectivity index (χ3v) is 5.69. The number of nitrogens with one attached hydrogen (secondary N) is 1. The zero-order chi connectivity index (χ0) is 21.5. The van der Waals surface area contributed by atoms with Crippen LogP contribution in [0.5, 0.6) is 11.5 Å². The van der Waals surface area contributed by atoms with E-state index in [1.165, 1.54) is 5.56 Å². The Morgan fingerprint density at radius 1 is 1.13 bits per heavy atom. The monoisotopic (exact) mass is 444 g/mol. The van der Waals surface area contributed by atoms with Crippen molar-refractivity contribution in [3.8, 4) is 11.5 Å². The van der Waals surface area contributed by atoms with Crippen molar-refractivity contribution in [1.29, 1.82) is 0 Å². The van der Waals surface area contributed by atoms with E-state index in [2.05, 4.69) is 21.7 Å². The Bertz CT molecular complexity index is 959. The number of likely N-dealkylation sites (N-methyl/N-ethyl adjacent to an activating group) is 1. The maximum atomic E-state index is 12.7. The molecule has 0 saturated heterocycles. The van der Waals surface area contributed by atoms with E-state index in [0.29, 0.717) is 35.2 Å². The molecule has 1 heterocycles. The van der Waals surface area contributed by atoms with Gasteiger partial charge in [-0.15, -0.1) is 0 Å². The summed E-state index contributed by atoms with van der Waals surface area (Å²) >= 11 is 7.56. The molecule has 5 nitrogen and oxygen atoms in total. The predicted molar refractivity (Wildman–Crippen MR) is 122 cm³/mol. The quantitative estimate of drug-likeness (QED) is 0.503. The molecule has 0 radical (unpaired) electrons. The van der Waals surface area contributed by atoms with Crippen LogP contribution in [0.4, 0.5) is 0 Å². The molecule has 0 bridgehead atoms. The number of carbonyl (C=O) groups excluding carboxylic acids is 1. The van der Waals surface area contributed by atoms with E-state index in [4.69, 9.17) is 21.1 Å². The van der Waals surface area contributed by atoms with Crippen molar-refractivity contribution in [3.05, 3.63) is 81.0 Å². The van der Waals surface area contributed by atoms with Crippen LogP contribution >= 0.6 is 22.9 Å². The largest absolute Gasteiger partial charge is 0.493 e. The highest BCUT2D eigenvalue weighted by atomic mass is 35.5. The highest BCUT2D eigenvalue weighted by Crippen LogP contribution is 2.29. The van der Waals surface area contributed by atoms with Gasteiger partial charge in [-0.3, -0.25) is 4.79 Å². The Labute approximate surface area is 186 Å². The van der Waals surface area contributed by atoms with Crippen LogP contribution in [0.25, 0.3) is 0 Å². The minimum atomic E-state index is -0.153. The normalized spacial score (nSPS) is 11.9. The Kier molecular flexibility index (Phi) is 7.74. The molecule has 0 aliphatic rings. The predicted octanol–water partition coefficient (Wildman–Crippen LogP) is 5.02. The SMILES string of the molecule is COc1cc(C(=O)NCC(c2ccsc2)N(C)C)ccc1OCc1ccc(Cl)cc1. The molecule has 1 amide bonds. The standard InChI is InChI=1S/C23H25ClN2O3S/c1-26(2)20(18-10-11-30-15-18)13-25-23(27)17-6-9-21(22(12-17)28-3)29-14-16-4-7-19(24)8-5-16/h4-12,15,20H,13-14H2,1-3H3,(H,25,27). The van der Waals surface area contributed by atoms with Crippen LogP contribution in [0.1, 0.15) is 27.5 Å². The summed E-state index contributed by atoms with van der Waals surface area (Å²) in [5.74, 6) is 0.937. The first kappa shape index (κ1) is 22.2. The van der Waals surface area contributed by atoms with Gasteiger partial charge in [0.2, 0.25) is 0 Å². The van der Waals surface area contributed by atoms with Crippen LogP contribution in [-0.4, -0.2) is 38.6 Å². The summed E-state index contributed by atoms with van der Waals surface area (Å²) in [7, 11) is 5.57. The van der Waals surface area contributed by atoms with E-state index < -0.39 is 0 Å². The summed E-state index contributed by atoms with van der Waals surface area (Å²) in [5.41, 5.74) is 2.70. The molecular formula is C23H25ClN2O3S. The van der Waals surface area contributed by atoms with E-state index >= 15 is 0 Å². The molecule has 0 fully saturated rings. The second kappa shape index (κ2) is 10.5. The smallest absolute Gasteiger partial charge is 0.251 e. The van der Waals surface area contributed by atoms with Crippen molar-refractivity contribution in [3.63, 3.8) is 0 Å². The second-order valence-corrected chi connectivity index (χ2v) is 8.24. The van der Waals surface area contributed by atoms with Gasteiger partial charge in [-0.1, -0.05) is 23.7 Å². The second-order valence-electron chi connectivity index (χ2n) is 7.03. The summed E-state index contributed by atoms with van der Waals surface area (Å²) < 4.78 is 11.3. The topological polar surface area (TPSA) is 50.8 Å². The molecule has 30 heavy (non-hydrogen) atoms. The average molecular weight is 445 g/mol. The van der Waals surface area contributed by atoms with E-state index in [9.17, 15) is 4.79 Å². The zero-order valence-corrected chi connectivity index (χ0v) is 18.8. The van der Waals surface area contributed by atoms with Crippen molar-refractivity contribution in [2.24, 2.45) is 0 Å². The van der Waals surface area contributed by atoms with E-state index in [-0.39, 0.29) is 11.9 Å². The minimum Gasteiger partial charge on any atom is -0.493 e. The fourth-order valence-corrected chi connectivity index (χ4v) is 3.86. The van der Waals surface area contributed by atoms with Gasteiger partial charge in [0.1, 0.15) is 6.61 Å². The van der Waals surface area contributed by atoms with Crippen molar-refractivity contribution in [1.82, 2.24) is 10.2 Å². The van der Waals surface area contributed by atoms with Crippen LogP contribution in [0.2, 0.25) is 5.02 Å². The number of hydrogen-bond donors (Lipinski definition) is 1. The Morgan fingerprint density at radius 3 is 2.53 bits per heavy atom. The highest BCUT2D eigenvalue weighted by Gasteiger charge is 2.17. The maximum Gasteiger partial charge on any atom is 0.251 e. The molecule has 3 aromatic rings. The van der Waals surface area contributed by atoms with E-state index in [0.717, 1.165) is 5.56 Å². The van der Waals surface area contributed by atoms with Crippen molar-refractivity contribution in [2.45, 2.75) is 12.6 Å². The zero-order valence-electron chi connectivity index (χ0n) is 17.2. The molecular weight excluding hydrogens is 420 g/mol. The third-order valence-electron chi connectivity index (χ3n) is 4.74. The maximum absolute atomic E-state index is 12.7. The van der Waals surface area contributed by atoms with Gasteiger partial charge >= 0.3 is 0 Å². The molecule has 3 rings (SSSR count). The third kappa shape index (κ3) is 5.75. The lowest BCUT2D eigenvalue weighted by atomic mass is 10.1. The van der Waals surface area contributed by atoms with Gasteiger partial charge in [0, 0.05) is 17.1 Å². The molecule has 2 aromatic carbocycles. The van der Waals surface area contributed by atoms with E-state index in [1.807, 2.05) is 43.7 Å². The number of ether oxygens (including phenoxy) is 2. The van der Waals surface area contributed by atoms with Crippen LogP contribution in [0.15, 0.2) is 59.3 Å². The van der Waals surface area contributed by atoms with Crippen LogP contribution < -0.4 is 14.8 Å². The molecule has 1 atom stereocenters. The lowest BCUT2D eigenvalue weighted by Crippen LogP contribution is -2.34. The Morgan fingerprint density at radius 2 is 1.90 bits per heavy atom. The molecule has 0 aliphatic carbocycles. The number of halogens is 1. The van der Waals surface area contributed by atoms with Gasteiger partial charge in [0.05, 0.1) is 13.2 Å². The highest BCUT2D eigenvalue weighted by molar-refractivity contribution is 7.08. The lowest BCUT2D eigenvalue weighted by molar-refractivity contribution is 0.0941. The molecule has 158 valence electrons. The van der Waals surface area contributed by atoms with Crippen molar-refractivity contribution >= 4 is 28.8 Å². The lowest BCUT2D eigenvalue weighted by Gasteiger charge is -2.24. The van der Waals surface area contributed by atoms with Gasteiger partial charge in [0.25, 0.3) is 5.91 Å². The molecule has 0 spiro atoms. The average Bonchev–Trinajstić information content (AvgIpc) is 3.27. The summed E-state index contributed by atoms with van der Waals surface area (Å²) in [4.78, 5) is 14.8.